The van der Waals surface area contributed by atoms with E-state index in [0.29, 0.717) is 9.95 Å². The summed E-state index contributed by atoms with van der Waals surface area (Å²) in [5, 5.41) is 17.4. The number of hydrogen-bond donors (Lipinski definition) is 1. The highest BCUT2D eigenvalue weighted by molar-refractivity contribution is 8.47. The van der Waals surface area contributed by atoms with Gasteiger partial charge in [-0.2, -0.15) is 5.26 Å². The van der Waals surface area contributed by atoms with Crippen molar-refractivity contribution in [3.63, 3.8) is 0 Å². The minimum atomic E-state index is -0.881. The number of unbranched alkanes of at least 4 members (excludes halogenated alkanes) is 9. The van der Waals surface area contributed by atoms with Gasteiger partial charge < -0.3 is 5.11 Å². The minimum absolute atomic E-state index is 0.261. The quantitative estimate of drug-likeness (QED) is 0.243. The molecule has 0 saturated heterocycles. The van der Waals surface area contributed by atoms with Gasteiger partial charge in [-0.1, -0.05) is 88.7 Å². The normalized spacial score (nSPS) is 13.2. The molecule has 0 fully saturated rings. The molecule has 0 aromatic carbocycles. The van der Waals surface area contributed by atoms with Crippen LogP contribution in [0.1, 0.15) is 84.5 Å². The van der Waals surface area contributed by atoms with Gasteiger partial charge in [0.1, 0.15) is 8.78 Å². The first-order chi connectivity index (χ1) is 12.0. The zero-order valence-electron chi connectivity index (χ0n) is 15.7. The average molecular weight is 404 g/mol. The van der Waals surface area contributed by atoms with Crippen LogP contribution in [0.2, 0.25) is 0 Å². The molecule has 25 heavy (non-hydrogen) atoms. The van der Waals surface area contributed by atoms with Crippen LogP contribution < -0.4 is 0 Å². The molecule has 0 spiro atoms. The first-order valence-electron chi connectivity index (χ1n) is 9.47. The molecule has 6 heteroatoms. The number of carboxylic acids is 1. The van der Waals surface area contributed by atoms with Crippen LogP contribution in [-0.2, 0) is 4.79 Å². The number of thiocarbonyl (C=S) groups is 1. The van der Waals surface area contributed by atoms with E-state index in [1.54, 1.807) is 18.7 Å². The van der Waals surface area contributed by atoms with Gasteiger partial charge in [0.05, 0.1) is 6.07 Å². The second kappa shape index (κ2) is 17.2. The number of rotatable bonds is 15. The third kappa shape index (κ3) is 15.7. The van der Waals surface area contributed by atoms with Crippen molar-refractivity contribution in [1.29, 1.82) is 5.26 Å². The Kier molecular flexibility index (Phi) is 17.0. The van der Waals surface area contributed by atoms with Gasteiger partial charge in [-0.15, -0.1) is 11.8 Å². The minimum Gasteiger partial charge on any atom is -0.480 e. The fourth-order valence-corrected chi connectivity index (χ4v) is 5.17. The molecule has 0 saturated carbocycles. The summed E-state index contributed by atoms with van der Waals surface area (Å²) in [6.07, 6.45) is 13.5. The smallest absolute Gasteiger partial charge is 0.317 e. The summed E-state index contributed by atoms with van der Waals surface area (Å²) in [7, 11) is 0. The predicted octanol–water partition coefficient (Wildman–Crippen LogP) is 6.66. The molecule has 0 bridgehead atoms. The lowest BCUT2D eigenvalue weighted by Gasteiger charge is -2.13. The van der Waals surface area contributed by atoms with Crippen LogP contribution >= 0.6 is 35.7 Å². The van der Waals surface area contributed by atoms with Crippen LogP contribution in [0.25, 0.3) is 0 Å². The van der Waals surface area contributed by atoms with E-state index in [1.807, 2.05) is 0 Å². The summed E-state index contributed by atoms with van der Waals surface area (Å²) >= 11 is 8.09. The monoisotopic (exact) mass is 403 g/mol. The van der Waals surface area contributed by atoms with Gasteiger partial charge in [-0.3, -0.25) is 4.79 Å². The zero-order chi connectivity index (χ0) is 18.9. The summed E-state index contributed by atoms with van der Waals surface area (Å²) in [6, 6.07) is 2.09. The summed E-state index contributed by atoms with van der Waals surface area (Å²) < 4.78 is 0.688. The van der Waals surface area contributed by atoms with Crippen molar-refractivity contribution in [3.8, 4) is 6.07 Å². The van der Waals surface area contributed by atoms with Gasteiger partial charge >= 0.3 is 5.97 Å². The van der Waals surface area contributed by atoms with Crippen LogP contribution in [0, 0.1) is 17.2 Å². The molecule has 1 N–H and O–H groups in total. The number of carbonyl (C=O) groups is 1. The Morgan fingerprint density at radius 2 is 1.60 bits per heavy atom. The summed E-state index contributed by atoms with van der Waals surface area (Å²) in [5.74, 6) is -0.181. The van der Waals surface area contributed by atoms with Crippen molar-refractivity contribution in [2.24, 2.45) is 5.92 Å². The first-order valence-corrected chi connectivity index (χ1v) is 11.7. The molecular weight excluding hydrogens is 370 g/mol. The maximum Gasteiger partial charge on any atom is 0.317 e. The summed E-state index contributed by atoms with van der Waals surface area (Å²) in [4.78, 5) is 11.2. The molecule has 0 radical (unpaired) electrons. The number of nitrogens with zero attached hydrogens (tertiary/aromatic N) is 1. The van der Waals surface area contributed by atoms with Gasteiger partial charge in [0.25, 0.3) is 0 Å². The van der Waals surface area contributed by atoms with E-state index in [1.165, 1.54) is 69.5 Å². The lowest BCUT2D eigenvalue weighted by Crippen LogP contribution is -2.20. The molecule has 144 valence electrons. The van der Waals surface area contributed by atoms with E-state index in [9.17, 15) is 9.90 Å². The van der Waals surface area contributed by atoms with E-state index in [-0.39, 0.29) is 5.92 Å². The Morgan fingerprint density at radius 3 is 2.08 bits per heavy atom. The van der Waals surface area contributed by atoms with Crippen LogP contribution in [0.3, 0.4) is 0 Å². The van der Waals surface area contributed by atoms with Crippen molar-refractivity contribution in [1.82, 2.24) is 0 Å². The molecule has 0 heterocycles. The Morgan fingerprint density at radius 1 is 1.08 bits per heavy atom. The Hall–Kier alpha value is -0.250. The molecule has 2 unspecified atom stereocenters. The Balaban J connectivity index is 3.62. The number of nitriles is 1. The van der Waals surface area contributed by atoms with Crippen LogP contribution in [0.4, 0.5) is 0 Å². The average Bonchev–Trinajstić information content (AvgIpc) is 2.58. The van der Waals surface area contributed by atoms with Gasteiger partial charge in [0.15, 0.2) is 0 Å². The first kappa shape index (κ1) is 24.8. The van der Waals surface area contributed by atoms with E-state index in [0.717, 1.165) is 12.2 Å². The molecule has 3 nitrogen and oxygen atoms in total. The van der Waals surface area contributed by atoms with Crippen molar-refractivity contribution >= 4 is 45.2 Å². The molecule has 2 atom stereocenters. The molecule has 0 aromatic heterocycles. The number of aliphatic carboxylic acids is 1. The number of hydrogen-bond acceptors (Lipinski definition) is 5. The maximum absolute atomic E-state index is 11.2. The fraction of sp³-hybridized carbons (Fsp3) is 0.842. The molecule has 0 aromatic rings. The number of thioether (sulfide) groups is 2. The van der Waals surface area contributed by atoms with E-state index >= 15 is 0 Å². The topological polar surface area (TPSA) is 61.1 Å². The Labute approximate surface area is 167 Å². The maximum atomic E-state index is 11.2. The lowest BCUT2D eigenvalue weighted by atomic mass is 10.1. The molecule has 0 aliphatic heterocycles. The molecule has 0 amide bonds. The molecular formula is C19H33NO2S3. The van der Waals surface area contributed by atoms with Gasteiger partial charge in [0, 0.05) is 5.92 Å². The highest BCUT2D eigenvalue weighted by Crippen LogP contribution is 2.27. The van der Waals surface area contributed by atoms with Crippen molar-refractivity contribution < 1.29 is 9.90 Å². The third-order valence-corrected chi connectivity index (χ3v) is 6.90. The van der Waals surface area contributed by atoms with Crippen molar-refractivity contribution in [3.05, 3.63) is 0 Å². The third-order valence-electron chi connectivity index (χ3n) is 4.02. The van der Waals surface area contributed by atoms with Crippen LogP contribution in [0.15, 0.2) is 0 Å². The fourth-order valence-electron chi connectivity index (χ4n) is 2.47. The Bertz CT molecular complexity index is 410. The number of carboxylic acid groups (broad SMARTS) is 1. The highest BCUT2D eigenvalue weighted by Gasteiger charge is 2.22. The molecule has 0 rings (SSSR count). The lowest BCUT2D eigenvalue weighted by molar-refractivity contribution is -0.136. The predicted molar refractivity (Wildman–Crippen MR) is 115 cm³/mol. The van der Waals surface area contributed by atoms with Gasteiger partial charge in [-0.25, -0.2) is 0 Å². The highest BCUT2D eigenvalue weighted by atomic mass is 32.2. The SMILES string of the molecule is CCCCCCCCCCCCSC(=S)SC(CC(C)C#N)C(=O)O. The second-order valence-electron chi connectivity index (χ2n) is 6.49. The second-order valence-corrected chi connectivity index (χ2v) is 9.99. The summed E-state index contributed by atoms with van der Waals surface area (Å²) in [5.41, 5.74) is 0. The zero-order valence-corrected chi connectivity index (χ0v) is 18.1. The van der Waals surface area contributed by atoms with E-state index in [2.05, 4.69) is 13.0 Å². The molecule has 0 aliphatic carbocycles. The standard InChI is InChI=1S/C19H33NO2S3/c1-3-4-5-6-7-8-9-10-11-12-13-24-19(23)25-17(18(21)22)14-16(2)15-20/h16-17H,3-14H2,1-2H3,(H,21,22). The van der Waals surface area contributed by atoms with Crippen molar-refractivity contribution in [2.45, 2.75) is 89.7 Å². The molecule has 0 aliphatic rings. The van der Waals surface area contributed by atoms with Gasteiger partial charge in [-0.05, 0) is 25.5 Å². The largest absolute Gasteiger partial charge is 0.480 e. The van der Waals surface area contributed by atoms with E-state index in [4.69, 9.17) is 17.5 Å². The van der Waals surface area contributed by atoms with Gasteiger partial charge in [0.2, 0.25) is 0 Å². The summed E-state index contributed by atoms with van der Waals surface area (Å²) in [6.45, 7) is 3.99. The van der Waals surface area contributed by atoms with E-state index < -0.39 is 11.2 Å². The van der Waals surface area contributed by atoms with Crippen LogP contribution in [0.5, 0.6) is 0 Å². The van der Waals surface area contributed by atoms with Crippen molar-refractivity contribution in [2.75, 3.05) is 5.75 Å². The van der Waals surface area contributed by atoms with Crippen LogP contribution in [-0.4, -0.2) is 25.6 Å².